The number of hydrogen-bond donors (Lipinski definition) is 1. The Morgan fingerprint density at radius 3 is 2.43 bits per heavy atom. The minimum Gasteiger partial charge on any atom is -0.339 e. The fourth-order valence-electron chi connectivity index (χ4n) is 3.18. The van der Waals surface area contributed by atoms with Crippen LogP contribution in [0.1, 0.15) is 28.9 Å². The molecular weight excluding hydrogens is 286 g/mol. The first-order valence-corrected chi connectivity index (χ1v) is 8.40. The van der Waals surface area contributed by atoms with E-state index < -0.39 is 0 Å². The number of carbonyl (C=O) groups excluding carboxylic acids is 2. The minimum atomic E-state index is 0.0833. The van der Waals surface area contributed by atoms with Gasteiger partial charge < -0.3 is 15.5 Å². The van der Waals surface area contributed by atoms with E-state index in [4.69, 9.17) is 5.73 Å². The molecule has 2 heterocycles. The van der Waals surface area contributed by atoms with Crippen molar-refractivity contribution in [2.75, 3.05) is 26.2 Å². The molecule has 1 aliphatic carbocycles. The molecule has 2 amide bonds. The predicted octanol–water partition coefficient (Wildman–Crippen LogP) is 1.16. The average molecular weight is 307 g/mol. The molecule has 114 valence electrons. The highest BCUT2D eigenvalue weighted by molar-refractivity contribution is 7.12. The molecule has 2 atom stereocenters. The van der Waals surface area contributed by atoms with Crippen molar-refractivity contribution < 1.29 is 9.59 Å². The first-order chi connectivity index (χ1) is 10.1. The summed E-state index contributed by atoms with van der Waals surface area (Å²) in [7, 11) is 0. The minimum absolute atomic E-state index is 0.0833. The molecule has 2 N–H and O–H groups in total. The Kier molecular flexibility index (Phi) is 4.26. The highest BCUT2D eigenvalue weighted by atomic mass is 32.1. The summed E-state index contributed by atoms with van der Waals surface area (Å²) >= 11 is 1.47. The molecule has 5 nitrogen and oxygen atoms in total. The molecule has 1 saturated carbocycles. The monoisotopic (exact) mass is 307 g/mol. The van der Waals surface area contributed by atoms with Crippen LogP contribution in [0, 0.1) is 5.92 Å². The van der Waals surface area contributed by atoms with Crippen molar-refractivity contribution in [3.05, 3.63) is 22.4 Å². The Morgan fingerprint density at radius 2 is 1.86 bits per heavy atom. The molecule has 1 aliphatic heterocycles. The summed E-state index contributed by atoms with van der Waals surface area (Å²) in [5, 5.41) is 1.91. The van der Waals surface area contributed by atoms with Gasteiger partial charge in [0, 0.05) is 38.1 Å². The molecule has 0 spiro atoms. The summed E-state index contributed by atoms with van der Waals surface area (Å²) in [5.41, 5.74) is 5.89. The lowest BCUT2D eigenvalue weighted by Gasteiger charge is -2.35. The summed E-state index contributed by atoms with van der Waals surface area (Å²) < 4.78 is 0. The summed E-state index contributed by atoms with van der Waals surface area (Å²) in [4.78, 5) is 29.2. The van der Waals surface area contributed by atoms with Crippen molar-refractivity contribution in [1.29, 1.82) is 0 Å². The van der Waals surface area contributed by atoms with Crippen molar-refractivity contribution in [3.63, 3.8) is 0 Å². The van der Waals surface area contributed by atoms with Crippen molar-refractivity contribution in [3.8, 4) is 0 Å². The molecule has 1 saturated heterocycles. The number of thiophene rings is 1. The van der Waals surface area contributed by atoms with Crippen molar-refractivity contribution >= 4 is 23.2 Å². The second-order valence-corrected chi connectivity index (χ2v) is 6.81. The highest BCUT2D eigenvalue weighted by Gasteiger charge is 2.33. The Labute approximate surface area is 128 Å². The zero-order valence-electron chi connectivity index (χ0n) is 12.0. The highest BCUT2D eigenvalue weighted by Crippen LogP contribution is 2.26. The fraction of sp³-hybridized carbons (Fsp3) is 0.600. The molecule has 6 heteroatoms. The van der Waals surface area contributed by atoms with E-state index in [1.54, 1.807) is 0 Å². The van der Waals surface area contributed by atoms with E-state index in [9.17, 15) is 9.59 Å². The van der Waals surface area contributed by atoms with E-state index in [0.29, 0.717) is 26.2 Å². The molecular formula is C15H21N3O2S. The molecule has 2 aliphatic rings. The summed E-state index contributed by atoms with van der Waals surface area (Å²) in [5.74, 6) is 0.408. The topological polar surface area (TPSA) is 66.6 Å². The van der Waals surface area contributed by atoms with Gasteiger partial charge in [0.05, 0.1) is 4.88 Å². The number of nitrogens with two attached hydrogens (primary N) is 1. The third-order valence-electron chi connectivity index (χ3n) is 4.43. The van der Waals surface area contributed by atoms with E-state index in [2.05, 4.69) is 0 Å². The lowest BCUT2D eigenvalue weighted by molar-refractivity contribution is -0.136. The third kappa shape index (κ3) is 3.11. The van der Waals surface area contributed by atoms with Gasteiger partial charge in [-0.3, -0.25) is 9.59 Å². The second kappa shape index (κ2) is 6.15. The number of carbonyl (C=O) groups is 2. The summed E-state index contributed by atoms with van der Waals surface area (Å²) in [6, 6.07) is 3.92. The van der Waals surface area contributed by atoms with E-state index >= 15 is 0 Å². The van der Waals surface area contributed by atoms with Gasteiger partial charge in [-0.15, -0.1) is 11.3 Å². The maximum absolute atomic E-state index is 12.4. The van der Waals surface area contributed by atoms with Crippen molar-refractivity contribution in [2.45, 2.75) is 25.3 Å². The molecule has 3 rings (SSSR count). The van der Waals surface area contributed by atoms with E-state index in [0.717, 1.165) is 24.1 Å². The maximum atomic E-state index is 12.4. The van der Waals surface area contributed by atoms with Gasteiger partial charge in [-0.25, -0.2) is 0 Å². The van der Waals surface area contributed by atoms with Crippen LogP contribution in [0.3, 0.4) is 0 Å². The number of piperazine rings is 1. The van der Waals surface area contributed by atoms with Gasteiger partial charge in [0.1, 0.15) is 0 Å². The third-order valence-corrected chi connectivity index (χ3v) is 5.29. The Bertz CT molecular complexity index is 509. The Balaban J connectivity index is 1.53. The van der Waals surface area contributed by atoms with Gasteiger partial charge in [0.15, 0.2) is 0 Å². The van der Waals surface area contributed by atoms with Crippen LogP contribution in [0.5, 0.6) is 0 Å². The molecule has 0 bridgehead atoms. The number of rotatable bonds is 2. The standard InChI is InChI=1S/C15H21N3O2S/c16-12-4-3-11(10-12)14(19)17-5-7-18(8-6-17)15(20)13-2-1-9-21-13/h1-2,9,11-12H,3-8,10,16H2. The van der Waals surface area contributed by atoms with Crippen LogP contribution in [-0.2, 0) is 4.79 Å². The van der Waals surface area contributed by atoms with Gasteiger partial charge in [0.25, 0.3) is 5.91 Å². The zero-order valence-corrected chi connectivity index (χ0v) is 12.8. The van der Waals surface area contributed by atoms with Gasteiger partial charge in [-0.05, 0) is 30.7 Å². The second-order valence-electron chi connectivity index (χ2n) is 5.86. The smallest absolute Gasteiger partial charge is 0.264 e. The number of nitrogens with zero attached hydrogens (tertiary/aromatic N) is 2. The van der Waals surface area contributed by atoms with Crippen LogP contribution >= 0.6 is 11.3 Å². The quantitative estimate of drug-likeness (QED) is 0.891. The van der Waals surface area contributed by atoms with Crippen LogP contribution in [0.15, 0.2) is 17.5 Å². The molecule has 1 aromatic rings. The summed E-state index contributed by atoms with van der Waals surface area (Å²) in [6.07, 6.45) is 2.68. The summed E-state index contributed by atoms with van der Waals surface area (Å²) in [6.45, 7) is 2.53. The average Bonchev–Trinajstić information content (AvgIpc) is 3.17. The lowest BCUT2D eigenvalue weighted by Crippen LogP contribution is -2.51. The van der Waals surface area contributed by atoms with E-state index in [1.807, 2.05) is 27.3 Å². The van der Waals surface area contributed by atoms with Crippen LogP contribution in [-0.4, -0.2) is 53.8 Å². The largest absolute Gasteiger partial charge is 0.339 e. The van der Waals surface area contributed by atoms with Crippen molar-refractivity contribution in [1.82, 2.24) is 9.80 Å². The van der Waals surface area contributed by atoms with Crippen LogP contribution in [0.25, 0.3) is 0 Å². The molecule has 0 aromatic carbocycles. The van der Waals surface area contributed by atoms with E-state index in [-0.39, 0.29) is 23.8 Å². The Morgan fingerprint density at radius 1 is 1.14 bits per heavy atom. The maximum Gasteiger partial charge on any atom is 0.264 e. The molecule has 2 unspecified atom stereocenters. The van der Waals surface area contributed by atoms with E-state index in [1.165, 1.54) is 11.3 Å². The lowest BCUT2D eigenvalue weighted by atomic mass is 10.1. The van der Waals surface area contributed by atoms with Crippen LogP contribution in [0.4, 0.5) is 0 Å². The van der Waals surface area contributed by atoms with Crippen molar-refractivity contribution in [2.24, 2.45) is 11.7 Å². The normalized spacial score (nSPS) is 26.1. The van der Waals surface area contributed by atoms with Gasteiger partial charge in [0.2, 0.25) is 5.91 Å². The fourth-order valence-corrected chi connectivity index (χ4v) is 3.88. The first-order valence-electron chi connectivity index (χ1n) is 7.52. The molecule has 1 aromatic heterocycles. The Hall–Kier alpha value is -1.40. The first kappa shape index (κ1) is 14.5. The van der Waals surface area contributed by atoms with Gasteiger partial charge >= 0.3 is 0 Å². The SMILES string of the molecule is NC1CCC(C(=O)N2CCN(C(=O)c3cccs3)CC2)C1. The molecule has 0 radical (unpaired) electrons. The molecule has 2 fully saturated rings. The van der Waals surface area contributed by atoms with Crippen LogP contribution < -0.4 is 5.73 Å². The number of hydrogen-bond acceptors (Lipinski definition) is 4. The zero-order chi connectivity index (χ0) is 14.8. The van der Waals surface area contributed by atoms with Crippen LogP contribution in [0.2, 0.25) is 0 Å². The predicted molar refractivity (Wildman–Crippen MR) is 82.1 cm³/mol. The molecule has 21 heavy (non-hydrogen) atoms. The van der Waals surface area contributed by atoms with Gasteiger partial charge in [-0.2, -0.15) is 0 Å². The van der Waals surface area contributed by atoms with Gasteiger partial charge in [-0.1, -0.05) is 6.07 Å². The number of amides is 2.